The Labute approximate surface area is 198 Å². The molecular formula is C25H29ClN2O5. The minimum absolute atomic E-state index is 0.138. The zero-order chi connectivity index (χ0) is 23.5. The molecule has 8 heteroatoms. The second kappa shape index (κ2) is 8.06. The number of fused-ring (bicyclic) bond motifs is 2. The first kappa shape index (κ1) is 22.3. The Morgan fingerprint density at radius 3 is 2.55 bits per heavy atom. The molecular weight excluding hydrogens is 444 g/mol. The Balaban J connectivity index is 1.49. The summed E-state index contributed by atoms with van der Waals surface area (Å²) >= 11 is 6.80. The number of ether oxygens (including phenoxy) is 3. The standard InChI is InChI=1S/C25H29ClN2O5/c1-13-11-14(2)27-23(29)18(13)12-28-8-5-17-19(24(28)30)15(3)21-22(20(17)26)33-25(4,32-21)16-6-9-31-10-7-16/h11,16H,5-10,12H2,1-4H3,(H,27,29). The average molecular weight is 473 g/mol. The molecule has 0 saturated carbocycles. The summed E-state index contributed by atoms with van der Waals surface area (Å²) in [5.74, 6) is 0.288. The van der Waals surface area contributed by atoms with E-state index in [-0.39, 0.29) is 23.9 Å². The van der Waals surface area contributed by atoms with Crippen LogP contribution in [0, 0.1) is 26.7 Å². The van der Waals surface area contributed by atoms with E-state index in [1.54, 1.807) is 4.90 Å². The second-order valence-electron chi connectivity index (χ2n) is 9.48. The fraction of sp³-hybridized carbons (Fsp3) is 0.520. The van der Waals surface area contributed by atoms with Crippen molar-refractivity contribution in [3.05, 3.63) is 55.0 Å². The number of rotatable bonds is 3. The minimum atomic E-state index is -0.834. The first-order valence-electron chi connectivity index (χ1n) is 11.5. The molecule has 1 aromatic carbocycles. The summed E-state index contributed by atoms with van der Waals surface area (Å²) in [6, 6.07) is 1.93. The average Bonchev–Trinajstić information content (AvgIpc) is 3.15. The van der Waals surface area contributed by atoms with Crippen LogP contribution in [0.15, 0.2) is 10.9 Å². The molecule has 7 nitrogen and oxygen atoms in total. The minimum Gasteiger partial charge on any atom is -0.448 e. The van der Waals surface area contributed by atoms with Crippen molar-refractivity contribution in [1.82, 2.24) is 9.88 Å². The van der Waals surface area contributed by atoms with Gasteiger partial charge >= 0.3 is 0 Å². The van der Waals surface area contributed by atoms with E-state index in [1.807, 2.05) is 33.8 Å². The quantitative estimate of drug-likeness (QED) is 0.728. The molecule has 1 fully saturated rings. The number of carbonyl (C=O) groups is 1. The summed E-state index contributed by atoms with van der Waals surface area (Å²) < 4.78 is 18.2. The van der Waals surface area contributed by atoms with E-state index >= 15 is 0 Å². The molecule has 33 heavy (non-hydrogen) atoms. The molecule has 176 valence electrons. The zero-order valence-corrected chi connectivity index (χ0v) is 20.2. The molecule has 1 unspecified atom stereocenters. The fourth-order valence-electron chi connectivity index (χ4n) is 5.34. The number of amides is 1. The Morgan fingerprint density at radius 1 is 1.15 bits per heavy atom. The number of aromatic amines is 1. The number of pyridine rings is 1. The normalized spacial score (nSPS) is 22.6. The molecule has 1 saturated heterocycles. The molecule has 3 aliphatic rings. The van der Waals surface area contributed by atoms with Crippen LogP contribution in [0.5, 0.6) is 11.5 Å². The van der Waals surface area contributed by atoms with E-state index in [9.17, 15) is 9.59 Å². The van der Waals surface area contributed by atoms with Gasteiger partial charge in [-0.3, -0.25) is 9.59 Å². The molecule has 1 amide bonds. The van der Waals surface area contributed by atoms with Crippen molar-refractivity contribution >= 4 is 17.5 Å². The summed E-state index contributed by atoms with van der Waals surface area (Å²) in [7, 11) is 0. The van der Waals surface area contributed by atoms with Gasteiger partial charge < -0.3 is 24.1 Å². The van der Waals surface area contributed by atoms with Crippen molar-refractivity contribution in [2.45, 2.75) is 59.3 Å². The van der Waals surface area contributed by atoms with Gasteiger partial charge in [-0.15, -0.1) is 0 Å². The van der Waals surface area contributed by atoms with Crippen LogP contribution in [0.3, 0.4) is 0 Å². The number of aryl methyl sites for hydroxylation is 2. The van der Waals surface area contributed by atoms with Gasteiger partial charge in [-0.05, 0) is 57.2 Å². The molecule has 1 aromatic heterocycles. The van der Waals surface area contributed by atoms with Gasteiger partial charge in [0.25, 0.3) is 17.3 Å². The number of hydrogen-bond donors (Lipinski definition) is 1. The largest absolute Gasteiger partial charge is 0.448 e. The Kier molecular flexibility index (Phi) is 5.45. The van der Waals surface area contributed by atoms with Crippen molar-refractivity contribution in [1.29, 1.82) is 0 Å². The molecule has 2 aromatic rings. The van der Waals surface area contributed by atoms with Gasteiger partial charge in [0, 0.05) is 49.4 Å². The molecule has 3 aliphatic heterocycles. The predicted octanol–water partition coefficient (Wildman–Crippen LogP) is 4.07. The summed E-state index contributed by atoms with van der Waals surface area (Å²) in [4.78, 5) is 30.7. The van der Waals surface area contributed by atoms with Crippen LogP contribution in [0.25, 0.3) is 0 Å². The number of hydrogen-bond acceptors (Lipinski definition) is 5. The predicted molar refractivity (Wildman–Crippen MR) is 124 cm³/mol. The third kappa shape index (κ3) is 3.62. The lowest BCUT2D eigenvalue weighted by Gasteiger charge is -2.34. The number of halogens is 1. The van der Waals surface area contributed by atoms with Crippen LogP contribution < -0.4 is 15.0 Å². The maximum absolute atomic E-state index is 13.6. The first-order chi connectivity index (χ1) is 15.7. The van der Waals surface area contributed by atoms with Crippen LogP contribution >= 0.6 is 11.6 Å². The van der Waals surface area contributed by atoms with E-state index in [1.165, 1.54) is 0 Å². The number of carbonyl (C=O) groups excluding carboxylic acids is 1. The van der Waals surface area contributed by atoms with Gasteiger partial charge in [0.15, 0.2) is 11.5 Å². The van der Waals surface area contributed by atoms with E-state index in [2.05, 4.69) is 4.98 Å². The lowest BCUT2D eigenvalue weighted by Crippen LogP contribution is -2.45. The van der Waals surface area contributed by atoms with E-state index < -0.39 is 5.79 Å². The summed E-state index contributed by atoms with van der Waals surface area (Å²) in [5, 5.41) is 0.457. The third-order valence-corrected chi connectivity index (χ3v) is 7.64. The van der Waals surface area contributed by atoms with Crippen molar-refractivity contribution in [2.24, 2.45) is 5.92 Å². The van der Waals surface area contributed by atoms with Crippen LogP contribution in [-0.4, -0.2) is 41.3 Å². The topological polar surface area (TPSA) is 80.9 Å². The van der Waals surface area contributed by atoms with Crippen LogP contribution in [-0.2, 0) is 17.7 Å². The van der Waals surface area contributed by atoms with Gasteiger partial charge in [-0.2, -0.15) is 0 Å². The first-order valence-corrected chi connectivity index (χ1v) is 11.9. The highest BCUT2D eigenvalue weighted by molar-refractivity contribution is 6.34. The van der Waals surface area contributed by atoms with Gasteiger partial charge in [0.05, 0.1) is 17.1 Å². The molecule has 5 rings (SSSR count). The smallest absolute Gasteiger partial charge is 0.254 e. The third-order valence-electron chi connectivity index (χ3n) is 7.24. The van der Waals surface area contributed by atoms with E-state index in [4.69, 9.17) is 25.8 Å². The highest BCUT2D eigenvalue weighted by Gasteiger charge is 2.48. The van der Waals surface area contributed by atoms with Gasteiger partial charge in [-0.25, -0.2) is 0 Å². The van der Waals surface area contributed by atoms with Gasteiger partial charge in [0.1, 0.15) is 0 Å². The maximum atomic E-state index is 13.6. The Morgan fingerprint density at radius 2 is 1.85 bits per heavy atom. The van der Waals surface area contributed by atoms with Crippen LogP contribution in [0.2, 0.25) is 5.02 Å². The zero-order valence-electron chi connectivity index (χ0n) is 19.5. The van der Waals surface area contributed by atoms with E-state index in [0.29, 0.717) is 53.8 Å². The second-order valence-corrected chi connectivity index (χ2v) is 9.86. The number of benzene rings is 1. The van der Waals surface area contributed by atoms with Crippen molar-refractivity contribution in [2.75, 3.05) is 19.8 Å². The summed E-state index contributed by atoms with van der Waals surface area (Å²) in [6.45, 7) is 9.67. The molecule has 1 N–H and O–H groups in total. The lowest BCUT2D eigenvalue weighted by molar-refractivity contribution is -0.136. The molecule has 0 aliphatic carbocycles. The molecule has 0 radical (unpaired) electrons. The highest BCUT2D eigenvalue weighted by Crippen LogP contribution is 2.53. The SMILES string of the molecule is Cc1cc(C)c(CN2CCc3c(Cl)c4c(c(C)c3C2=O)OC(C)(C2CCOCC2)O4)c(=O)[nH]1. The molecule has 0 spiro atoms. The summed E-state index contributed by atoms with van der Waals surface area (Å²) in [6.07, 6.45) is 2.28. The van der Waals surface area contributed by atoms with E-state index in [0.717, 1.165) is 35.2 Å². The molecule has 4 heterocycles. The molecule has 0 bridgehead atoms. The lowest BCUT2D eigenvalue weighted by atomic mass is 9.92. The fourth-order valence-corrected chi connectivity index (χ4v) is 5.65. The van der Waals surface area contributed by atoms with Gasteiger partial charge in [0.2, 0.25) is 0 Å². The molecule has 1 atom stereocenters. The van der Waals surface area contributed by atoms with Crippen molar-refractivity contribution in [3.8, 4) is 11.5 Å². The van der Waals surface area contributed by atoms with Crippen LogP contribution in [0.4, 0.5) is 0 Å². The number of nitrogens with one attached hydrogen (secondary N) is 1. The number of nitrogens with zero attached hydrogens (tertiary/aromatic N) is 1. The van der Waals surface area contributed by atoms with Crippen molar-refractivity contribution in [3.63, 3.8) is 0 Å². The number of H-pyrrole nitrogens is 1. The monoisotopic (exact) mass is 472 g/mol. The summed E-state index contributed by atoms with van der Waals surface area (Å²) in [5.41, 5.74) is 4.23. The van der Waals surface area contributed by atoms with Crippen molar-refractivity contribution < 1.29 is 19.0 Å². The van der Waals surface area contributed by atoms with Crippen LogP contribution in [0.1, 0.15) is 58.1 Å². The number of aromatic nitrogens is 1. The highest BCUT2D eigenvalue weighted by atomic mass is 35.5. The Hall–Kier alpha value is -2.51. The maximum Gasteiger partial charge on any atom is 0.254 e. The van der Waals surface area contributed by atoms with Gasteiger partial charge in [-0.1, -0.05) is 11.6 Å². The Bertz CT molecular complexity index is 1200.